The molecule has 0 aromatic heterocycles. The minimum Gasteiger partial charge on any atom is -0.378 e. The zero-order chi connectivity index (χ0) is 20.9. The molecule has 2 heterocycles. The van der Waals surface area contributed by atoms with Crippen LogP contribution in [0.2, 0.25) is 0 Å². The SMILES string of the molecule is CC(NC(=O)CN1CCCC(C(=O)N2CCOCC2)C1)c1cccc2ccccc12. The van der Waals surface area contributed by atoms with Gasteiger partial charge in [-0.05, 0) is 42.6 Å². The summed E-state index contributed by atoms with van der Waals surface area (Å²) >= 11 is 0. The van der Waals surface area contributed by atoms with Gasteiger partial charge in [-0.3, -0.25) is 14.5 Å². The van der Waals surface area contributed by atoms with Crippen LogP contribution in [0.4, 0.5) is 0 Å². The van der Waals surface area contributed by atoms with Gasteiger partial charge in [-0.2, -0.15) is 0 Å². The smallest absolute Gasteiger partial charge is 0.234 e. The van der Waals surface area contributed by atoms with E-state index in [-0.39, 0.29) is 23.8 Å². The maximum atomic E-state index is 12.8. The van der Waals surface area contributed by atoms with E-state index >= 15 is 0 Å². The predicted molar refractivity (Wildman–Crippen MR) is 117 cm³/mol. The van der Waals surface area contributed by atoms with Crippen LogP contribution in [-0.4, -0.2) is 67.6 Å². The topological polar surface area (TPSA) is 61.9 Å². The lowest BCUT2D eigenvalue weighted by Gasteiger charge is -2.36. The Kier molecular flexibility index (Phi) is 6.65. The number of ether oxygens (including phenoxy) is 1. The number of fused-ring (bicyclic) bond motifs is 1. The normalized spacial score (nSPS) is 21.4. The number of carbonyl (C=O) groups is 2. The van der Waals surface area contributed by atoms with E-state index in [4.69, 9.17) is 4.74 Å². The van der Waals surface area contributed by atoms with E-state index in [1.165, 1.54) is 10.8 Å². The van der Waals surface area contributed by atoms with Crippen molar-refractivity contribution in [2.45, 2.75) is 25.8 Å². The molecule has 2 fully saturated rings. The minimum atomic E-state index is -0.0702. The highest BCUT2D eigenvalue weighted by Crippen LogP contribution is 2.24. The molecular weight excluding hydrogens is 378 g/mol. The summed E-state index contributed by atoms with van der Waals surface area (Å²) in [6, 6.07) is 14.4. The van der Waals surface area contributed by atoms with E-state index in [1.54, 1.807) is 0 Å². The first-order valence-corrected chi connectivity index (χ1v) is 11.0. The van der Waals surface area contributed by atoms with Gasteiger partial charge in [0.1, 0.15) is 0 Å². The molecule has 6 nitrogen and oxygen atoms in total. The van der Waals surface area contributed by atoms with E-state index in [9.17, 15) is 9.59 Å². The molecule has 0 radical (unpaired) electrons. The zero-order valence-corrected chi connectivity index (χ0v) is 17.7. The zero-order valence-electron chi connectivity index (χ0n) is 17.7. The van der Waals surface area contributed by atoms with Crippen molar-refractivity contribution in [2.24, 2.45) is 5.92 Å². The molecule has 0 saturated carbocycles. The summed E-state index contributed by atoms with van der Waals surface area (Å²) in [5.74, 6) is 0.211. The number of rotatable bonds is 5. The van der Waals surface area contributed by atoms with Crippen molar-refractivity contribution in [3.63, 3.8) is 0 Å². The average Bonchev–Trinajstić information content (AvgIpc) is 2.78. The second-order valence-electron chi connectivity index (χ2n) is 8.37. The third-order valence-corrected chi connectivity index (χ3v) is 6.21. The molecule has 2 aromatic rings. The third kappa shape index (κ3) is 4.82. The standard InChI is InChI=1S/C24H31N3O3/c1-18(21-10-4-7-19-6-2-3-9-22(19)21)25-23(28)17-26-11-5-8-20(16-26)24(29)27-12-14-30-15-13-27/h2-4,6-7,9-10,18,20H,5,8,11-17H2,1H3,(H,25,28). The van der Waals surface area contributed by atoms with Crippen LogP contribution < -0.4 is 5.32 Å². The highest BCUT2D eigenvalue weighted by molar-refractivity contribution is 5.87. The molecule has 2 unspecified atom stereocenters. The summed E-state index contributed by atoms with van der Waals surface area (Å²) in [5.41, 5.74) is 1.13. The molecule has 2 saturated heterocycles. The van der Waals surface area contributed by atoms with Crippen molar-refractivity contribution in [1.82, 2.24) is 15.1 Å². The first kappa shape index (κ1) is 20.8. The Balaban J connectivity index is 1.33. The molecule has 2 aliphatic heterocycles. The van der Waals surface area contributed by atoms with Crippen LogP contribution in [0.15, 0.2) is 42.5 Å². The molecule has 0 spiro atoms. The summed E-state index contributed by atoms with van der Waals surface area (Å²) in [6.07, 6.45) is 1.85. The van der Waals surface area contributed by atoms with Gasteiger partial charge in [-0.15, -0.1) is 0 Å². The Bertz CT molecular complexity index is 889. The highest BCUT2D eigenvalue weighted by atomic mass is 16.5. The Hall–Kier alpha value is -2.44. The van der Waals surface area contributed by atoms with Gasteiger partial charge in [0, 0.05) is 19.6 Å². The lowest BCUT2D eigenvalue weighted by molar-refractivity contribution is -0.142. The van der Waals surface area contributed by atoms with Crippen molar-refractivity contribution >= 4 is 22.6 Å². The van der Waals surface area contributed by atoms with Crippen molar-refractivity contribution in [2.75, 3.05) is 45.9 Å². The molecule has 1 N–H and O–H groups in total. The van der Waals surface area contributed by atoms with Crippen LogP contribution >= 0.6 is 0 Å². The Labute approximate surface area is 178 Å². The minimum absolute atomic E-state index is 0.00917. The molecule has 2 amide bonds. The number of piperidine rings is 1. The Morgan fingerprint density at radius 1 is 1.10 bits per heavy atom. The van der Waals surface area contributed by atoms with Gasteiger partial charge in [0.05, 0.1) is 31.7 Å². The largest absolute Gasteiger partial charge is 0.378 e. The van der Waals surface area contributed by atoms with E-state index in [2.05, 4.69) is 34.5 Å². The monoisotopic (exact) mass is 409 g/mol. The van der Waals surface area contributed by atoms with Gasteiger partial charge >= 0.3 is 0 Å². The van der Waals surface area contributed by atoms with E-state index in [0.717, 1.165) is 24.9 Å². The van der Waals surface area contributed by atoms with Gasteiger partial charge in [0.25, 0.3) is 0 Å². The lowest BCUT2D eigenvalue weighted by Crippen LogP contribution is -2.50. The van der Waals surface area contributed by atoms with Gasteiger partial charge in [0.2, 0.25) is 11.8 Å². The number of likely N-dealkylation sites (tertiary alicyclic amines) is 1. The summed E-state index contributed by atoms with van der Waals surface area (Å²) < 4.78 is 5.35. The Morgan fingerprint density at radius 3 is 2.70 bits per heavy atom. The molecule has 2 aromatic carbocycles. The van der Waals surface area contributed by atoms with E-state index < -0.39 is 0 Å². The number of carbonyl (C=O) groups excluding carboxylic acids is 2. The molecule has 6 heteroatoms. The number of benzene rings is 2. The number of nitrogens with one attached hydrogen (secondary N) is 1. The Morgan fingerprint density at radius 2 is 1.87 bits per heavy atom. The van der Waals surface area contributed by atoms with Crippen LogP contribution in [0.25, 0.3) is 10.8 Å². The second-order valence-corrected chi connectivity index (χ2v) is 8.37. The number of amides is 2. The number of hydrogen-bond donors (Lipinski definition) is 1. The van der Waals surface area contributed by atoms with Crippen molar-refractivity contribution < 1.29 is 14.3 Å². The predicted octanol–water partition coefficient (Wildman–Crippen LogP) is 2.59. The summed E-state index contributed by atoms with van der Waals surface area (Å²) in [4.78, 5) is 29.6. The van der Waals surface area contributed by atoms with Gasteiger partial charge in [-0.1, -0.05) is 42.5 Å². The van der Waals surface area contributed by atoms with Crippen LogP contribution in [-0.2, 0) is 14.3 Å². The number of hydrogen-bond acceptors (Lipinski definition) is 4. The molecule has 30 heavy (non-hydrogen) atoms. The van der Waals surface area contributed by atoms with Crippen molar-refractivity contribution in [3.8, 4) is 0 Å². The highest BCUT2D eigenvalue weighted by Gasteiger charge is 2.30. The van der Waals surface area contributed by atoms with Gasteiger partial charge in [0.15, 0.2) is 0 Å². The summed E-state index contributed by atoms with van der Waals surface area (Å²) in [5, 5.41) is 5.50. The number of morpholine rings is 1. The lowest BCUT2D eigenvalue weighted by atomic mass is 9.96. The molecule has 4 rings (SSSR count). The van der Waals surface area contributed by atoms with E-state index in [1.807, 2.05) is 30.0 Å². The first-order chi connectivity index (χ1) is 14.6. The van der Waals surface area contributed by atoms with Gasteiger partial charge < -0.3 is 15.0 Å². The van der Waals surface area contributed by atoms with Crippen LogP contribution in [0.5, 0.6) is 0 Å². The van der Waals surface area contributed by atoms with Crippen LogP contribution in [0.1, 0.15) is 31.4 Å². The molecular formula is C24H31N3O3. The fourth-order valence-corrected chi connectivity index (χ4v) is 4.64. The van der Waals surface area contributed by atoms with Crippen molar-refractivity contribution in [1.29, 1.82) is 0 Å². The second kappa shape index (κ2) is 9.58. The average molecular weight is 410 g/mol. The maximum Gasteiger partial charge on any atom is 0.234 e. The fourth-order valence-electron chi connectivity index (χ4n) is 4.64. The van der Waals surface area contributed by atoms with Crippen molar-refractivity contribution in [3.05, 3.63) is 48.0 Å². The van der Waals surface area contributed by atoms with Crippen LogP contribution in [0, 0.1) is 5.92 Å². The fraction of sp³-hybridized carbons (Fsp3) is 0.500. The van der Waals surface area contributed by atoms with E-state index in [0.29, 0.717) is 39.4 Å². The number of nitrogens with zero attached hydrogens (tertiary/aromatic N) is 2. The summed E-state index contributed by atoms with van der Waals surface area (Å²) in [7, 11) is 0. The molecule has 2 atom stereocenters. The molecule has 0 bridgehead atoms. The first-order valence-electron chi connectivity index (χ1n) is 11.0. The quantitative estimate of drug-likeness (QED) is 0.825. The van der Waals surface area contributed by atoms with Gasteiger partial charge in [-0.25, -0.2) is 0 Å². The third-order valence-electron chi connectivity index (χ3n) is 6.21. The molecule has 2 aliphatic rings. The molecule has 160 valence electrons. The summed E-state index contributed by atoms with van der Waals surface area (Å²) in [6.45, 7) is 6.49. The molecule has 0 aliphatic carbocycles. The maximum absolute atomic E-state index is 12.8. The van der Waals surface area contributed by atoms with Crippen LogP contribution in [0.3, 0.4) is 0 Å².